The molecule has 1 saturated heterocycles. The molecule has 0 N–H and O–H groups in total. The largest absolute Gasteiger partial charge is 0.444 e. The van der Waals surface area contributed by atoms with E-state index in [4.69, 9.17) is 33.0 Å². The fraction of sp³-hybridized carbons (Fsp3) is 0.364. The Kier molecular flexibility index (Phi) is 6.26. The van der Waals surface area contributed by atoms with Gasteiger partial charge in [-0.15, -0.1) is 15.3 Å². The third-order valence-corrected chi connectivity index (χ3v) is 5.38. The SMILES string of the molecule is CC(C)(C)OC(=O)N1CCN(c2cc(-c3ccc(Cl)cc3)n(-c3ccc(Cl)nn3)n2)CC1. The molecule has 2 aromatic heterocycles. The van der Waals surface area contributed by atoms with E-state index < -0.39 is 5.60 Å². The number of rotatable bonds is 3. The second kappa shape index (κ2) is 8.96. The van der Waals surface area contributed by atoms with Gasteiger partial charge in [0.25, 0.3) is 0 Å². The van der Waals surface area contributed by atoms with E-state index in [9.17, 15) is 4.79 Å². The van der Waals surface area contributed by atoms with Crippen molar-refractivity contribution >= 4 is 35.1 Å². The number of aromatic nitrogens is 4. The minimum absolute atomic E-state index is 0.291. The summed E-state index contributed by atoms with van der Waals surface area (Å²) in [5.41, 5.74) is 1.28. The first-order chi connectivity index (χ1) is 15.2. The molecule has 1 aliphatic heterocycles. The van der Waals surface area contributed by atoms with E-state index >= 15 is 0 Å². The molecule has 1 aliphatic rings. The maximum atomic E-state index is 12.4. The fourth-order valence-electron chi connectivity index (χ4n) is 3.39. The zero-order chi connectivity index (χ0) is 22.9. The fourth-order valence-corrected chi connectivity index (χ4v) is 3.62. The first-order valence-corrected chi connectivity index (χ1v) is 11.0. The van der Waals surface area contributed by atoms with Gasteiger partial charge in [-0.25, -0.2) is 9.48 Å². The van der Waals surface area contributed by atoms with Gasteiger partial charge in [-0.05, 0) is 45.0 Å². The summed E-state index contributed by atoms with van der Waals surface area (Å²) in [4.78, 5) is 16.2. The van der Waals surface area contributed by atoms with Crippen LogP contribution in [0.5, 0.6) is 0 Å². The molecule has 0 spiro atoms. The van der Waals surface area contributed by atoms with Crippen molar-refractivity contribution in [3.05, 3.63) is 52.6 Å². The van der Waals surface area contributed by atoms with Gasteiger partial charge in [-0.3, -0.25) is 0 Å². The van der Waals surface area contributed by atoms with Crippen LogP contribution in [0.4, 0.5) is 10.6 Å². The highest BCUT2D eigenvalue weighted by Gasteiger charge is 2.27. The van der Waals surface area contributed by atoms with Crippen LogP contribution in [0.3, 0.4) is 0 Å². The van der Waals surface area contributed by atoms with E-state index in [0.29, 0.717) is 42.2 Å². The lowest BCUT2D eigenvalue weighted by Crippen LogP contribution is -2.50. The highest BCUT2D eigenvalue weighted by Crippen LogP contribution is 2.29. The van der Waals surface area contributed by atoms with Crippen molar-refractivity contribution in [1.82, 2.24) is 24.9 Å². The molecule has 3 aromatic rings. The second-order valence-electron chi connectivity index (χ2n) is 8.48. The highest BCUT2D eigenvalue weighted by atomic mass is 35.5. The van der Waals surface area contributed by atoms with Crippen molar-refractivity contribution in [2.45, 2.75) is 26.4 Å². The first-order valence-electron chi connectivity index (χ1n) is 10.3. The molecule has 1 aromatic carbocycles. The number of anilines is 1. The quantitative estimate of drug-likeness (QED) is 0.547. The Labute approximate surface area is 196 Å². The molecule has 168 valence electrons. The number of benzene rings is 1. The Bertz CT molecular complexity index is 1020. The molecule has 1 amide bonds. The van der Waals surface area contributed by atoms with Crippen LogP contribution in [0.15, 0.2) is 42.5 Å². The van der Waals surface area contributed by atoms with Crippen molar-refractivity contribution in [3.8, 4) is 17.1 Å². The zero-order valence-electron chi connectivity index (χ0n) is 18.1. The topological polar surface area (TPSA) is 76.4 Å². The maximum absolute atomic E-state index is 12.4. The molecule has 3 heterocycles. The van der Waals surface area contributed by atoms with Crippen LogP contribution in [-0.4, -0.2) is 62.8 Å². The Balaban J connectivity index is 1.59. The van der Waals surface area contributed by atoms with Gasteiger partial charge < -0.3 is 14.5 Å². The summed E-state index contributed by atoms with van der Waals surface area (Å²) in [5, 5.41) is 13.9. The third-order valence-electron chi connectivity index (χ3n) is 4.93. The Morgan fingerprint density at radius 1 is 0.938 bits per heavy atom. The number of amides is 1. The van der Waals surface area contributed by atoms with Crippen LogP contribution in [0.2, 0.25) is 10.2 Å². The average Bonchev–Trinajstić information content (AvgIpc) is 3.19. The van der Waals surface area contributed by atoms with Crippen LogP contribution in [-0.2, 0) is 4.74 Å². The summed E-state index contributed by atoms with van der Waals surface area (Å²) in [6, 6.07) is 13.0. The van der Waals surface area contributed by atoms with Crippen LogP contribution in [0.25, 0.3) is 17.1 Å². The lowest BCUT2D eigenvalue weighted by molar-refractivity contribution is 0.0240. The molecule has 0 atom stereocenters. The predicted molar refractivity (Wildman–Crippen MR) is 125 cm³/mol. The summed E-state index contributed by atoms with van der Waals surface area (Å²) in [6.45, 7) is 7.99. The molecule has 0 saturated carbocycles. The smallest absolute Gasteiger partial charge is 0.410 e. The van der Waals surface area contributed by atoms with Crippen LogP contribution in [0, 0.1) is 0 Å². The third kappa shape index (κ3) is 5.14. The van der Waals surface area contributed by atoms with E-state index in [1.807, 2.05) is 51.1 Å². The van der Waals surface area contributed by atoms with E-state index in [-0.39, 0.29) is 6.09 Å². The number of carbonyl (C=O) groups excluding carboxylic acids is 1. The number of hydrogen-bond donors (Lipinski definition) is 0. The molecule has 8 nitrogen and oxygen atoms in total. The van der Waals surface area contributed by atoms with Gasteiger partial charge in [0.05, 0.1) is 5.69 Å². The standard InChI is InChI=1S/C22H24Cl2N6O2/c1-22(2,3)32-21(31)29-12-10-28(11-13-29)20-14-17(15-4-6-16(23)7-5-15)30(27-20)19-9-8-18(24)25-26-19/h4-9,14H,10-13H2,1-3H3. The molecule has 10 heteroatoms. The van der Waals surface area contributed by atoms with Crippen molar-refractivity contribution < 1.29 is 9.53 Å². The van der Waals surface area contributed by atoms with Gasteiger partial charge in [-0.1, -0.05) is 35.3 Å². The van der Waals surface area contributed by atoms with Crippen molar-refractivity contribution in [1.29, 1.82) is 0 Å². The lowest BCUT2D eigenvalue weighted by atomic mass is 10.1. The van der Waals surface area contributed by atoms with Crippen molar-refractivity contribution in [2.75, 3.05) is 31.1 Å². The number of hydrogen-bond acceptors (Lipinski definition) is 6. The van der Waals surface area contributed by atoms with Crippen molar-refractivity contribution in [2.24, 2.45) is 0 Å². The summed E-state index contributed by atoms with van der Waals surface area (Å²) < 4.78 is 7.23. The summed E-state index contributed by atoms with van der Waals surface area (Å²) in [7, 11) is 0. The molecular weight excluding hydrogens is 451 g/mol. The number of carbonyl (C=O) groups is 1. The van der Waals surface area contributed by atoms with Crippen LogP contribution in [0.1, 0.15) is 20.8 Å². The second-order valence-corrected chi connectivity index (χ2v) is 9.30. The molecule has 1 fully saturated rings. The van der Waals surface area contributed by atoms with Gasteiger partial charge in [-0.2, -0.15) is 0 Å². The Morgan fingerprint density at radius 3 is 2.22 bits per heavy atom. The van der Waals surface area contributed by atoms with Gasteiger partial charge in [0, 0.05) is 42.8 Å². The molecule has 0 aliphatic carbocycles. The van der Waals surface area contributed by atoms with Crippen molar-refractivity contribution in [3.63, 3.8) is 0 Å². The Morgan fingerprint density at radius 2 is 1.62 bits per heavy atom. The molecule has 0 bridgehead atoms. The van der Waals surface area contributed by atoms with E-state index in [1.54, 1.807) is 21.7 Å². The first kappa shape index (κ1) is 22.4. The van der Waals surface area contributed by atoms with E-state index in [2.05, 4.69) is 15.1 Å². The van der Waals surface area contributed by atoms with E-state index in [0.717, 1.165) is 17.1 Å². The predicted octanol–water partition coefficient (Wildman–Crippen LogP) is 4.69. The van der Waals surface area contributed by atoms with E-state index in [1.165, 1.54) is 0 Å². The zero-order valence-corrected chi connectivity index (χ0v) is 19.6. The van der Waals surface area contributed by atoms with Gasteiger partial charge in [0.2, 0.25) is 0 Å². The Hall–Kier alpha value is -2.84. The van der Waals surface area contributed by atoms with Gasteiger partial charge in [0.15, 0.2) is 16.8 Å². The normalized spacial score (nSPS) is 14.5. The summed E-state index contributed by atoms with van der Waals surface area (Å²) >= 11 is 12.0. The monoisotopic (exact) mass is 474 g/mol. The minimum atomic E-state index is -0.514. The number of nitrogens with zero attached hydrogens (tertiary/aromatic N) is 6. The summed E-state index contributed by atoms with van der Waals surface area (Å²) in [6.07, 6.45) is -0.291. The number of piperazine rings is 1. The molecule has 32 heavy (non-hydrogen) atoms. The van der Waals surface area contributed by atoms with Gasteiger partial charge >= 0.3 is 6.09 Å². The molecule has 0 radical (unpaired) electrons. The number of halogens is 2. The van der Waals surface area contributed by atoms with Crippen LogP contribution < -0.4 is 4.90 Å². The average molecular weight is 475 g/mol. The summed E-state index contributed by atoms with van der Waals surface area (Å²) in [5.74, 6) is 1.34. The number of ether oxygens (including phenoxy) is 1. The highest BCUT2D eigenvalue weighted by molar-refractivity contribution is 6.30. The lowest BCUT2D eigenvalue weighted by Gasteiger charge is -2.35. The molecule has 0 unspecified atom stereocenters. The molecule has 4 rings (SSSR count). The minimum Gasteiger partial charge on any atom is -0.444 e. The maximum Gasteiger partial charge on any atom is 0.410 e. The van der Waals surface area contributed by atoms with Gasteiger partial charge in [0.1, 0.15) is 5.60 Å². The van der Waals surface area contributed by atoms with Crippen LogP contribution >= 0.6 is 23.2 Å². The molecular formula is C22H24Cl2N6O2.